The quantitative estimate of drug-likeness (QED) is 0.670. The van der Waals surface area contributed by atoms with E-state index in [2.05, 4.69) is 10.5 Å². The lowest BCUT2D eigenvalue weighted by atomic mass is 9.91. The molecule has 1 aromatic rings. The Morgan fingerprint density at radius 1 is 1.26 bits per heavy atom. The Kier molecular flexibility index (Phi) is 5.24. The highest BCUT2D eigenvalue weighted by Crippen LogP contribution is 2.17. The number of nitrogens with one attached hydrogen (secondary N) is 1. The lowest BCUT2D eigenvalue weighted by molar-refractivity contribution is -0.131. The summed E-state index contributed by atoms with van der Waals surface area (Å²) in [6.07, 6.45) is -0.641. The molecule has 1 atom stereocenters. The number of benzene rings is 1. The molecule has 0 aliphatic carbocycles. The van der Waals surface area contributed by atoms with Gasteiger partial charge in [0.25, 0.3) is 5.91 Å². The maximum Gasteiger partial charge on any atom is 0.273 e. The second-order valence-corrected chi connectivity index (χ2v) is 5.45. The van der Waals surface area contributed by atoms with Gasteiger partial charge in [-0.3, -0.25) is 4.79 Å². The van der Waals surface area contributed by atoms with Crippen LogP contribution >= 0.6 is 0 Å². The van der Waals surface area contributed by atoms with E-state index in [0.717, 1.165) is 11.3 Å². The van der Waals surface area contributed by atoms with Crippen LogP contribution in [-0.4, -0.2) is 18.7 Å². The molecule has 0 saturated carbocycles. The van der Waals surface area contributed by atoms with Crippen molar-refractivity contribution < 1.29 is 9.53 Å². The number of nitrogens with zero attached hydrogens (tertiary/aromatic N) is 1. The molecule has 0 saturated heterocycles. The van der Waals surface area contributed by atoms with Gasteiger partial charge in [0, 0.05) is 18.2 Å². The fourth-order valence-electron chi connectivity index (χ4n) is 1.39. The maximum absolute atomic E-state index is 12.1. The van der Waals surface area contributed by atoms with Gasteiger partial charge in [0.15, 0.2) is 6.10 Å². The molecule has 0 aliphatic rings. The third-order valence-corrected chi connectivity index (χ3v) is 3.00. The Morgan fingerprint density at radius 2 is 1.84 bits per heavy atom. The zero-order valence-corrected chi connectivity index (χ0v) is 12.2. The van der Waals surface area contributed by atoms with Gasteiger partial charge in [0.2, 0.25) is 0 Å². The summed E-state index contributed by atoms with van der Waals surface area (Å²) in [6, 6.07) is 9.36. The van der Waals surface area contributed by atoms with Crippen LogP contribution in [0.25, 0.3) is 0 Å². The Morgan fingerprint density at radius 3 is 2.32 bits per heavy atom. The number of carbonyl (C=O) groups excluding carboxylic acids is 1. The Labute approximate surface area is 114 Å². The number of carbonyl (C=O) groups is 1. The van der Waals surface area contributed by atoms with Crippen molar-refractivity contribution in [3.63, 3.8) is 0 Å². The second kappa shape index (κ2) is 6.48. The summed E-state index contributed by atoms with van der Waals surface area (Å²) in [5.41, 5.74) is 4.17. The average Bonchev–Trinajstić information content (AvgIpc) is 2.37. The average molecular weight is 262 g/mol. The number of hydrogen-bond acceptors (Lipinski definition) is 3. The molecule has 0 spiro atoms. The fraction of sp³-hybridized carbons (Fsp3) is 0.467. The summed E-state index contributed by atoms with van der Waals surface area (Å²) >= 11 is 0. The van der Waals surface area contributed by atoms with Crippen LogP contribution in [0.5, 0.6) is 0 Å². The summed E-state index contributed by atoms with van der Waals surface area (Å²) in [7, 11) is 1.51. The van der Waals surface area contributed by atoms with Crippen LogP contribution in [0.3, 0.4) is 0 Å². The number of methoxy groups -OCH3 is 1. The monoisotopic (exact) mass is 262 g/mol. The van der Waals surface area contributed by atoms with Crippen LogP contribution in [0, 0.1) is 5.41 Å². The second-order valence-electron chi connectivity index (χ2n) is 5.45. The number of hydrazone groups is 1. The van der Waals surface area contributed by atoms with Gasteiger partial charge in [-0.1, -0.05) is 51.1 Å². The lowest BCUT2D eigenvalue weighted by Crippen LogP contribution is -2.29. The van der Waals surface area contributed by atoms with E-state index in [1.165, 1.54) is 7.11 Å². The molecule has 104 valence electrons. The van der Waals surface area contributed by atoms with Crippen molar-refractivity contribution in [2.75, 3.05) is 7.11 Å². The van der Waals surface area contributed by atoms with Gasteiger partial charge in [-0.25, -0.2) is 5.43 Å². The fourth-order valence-corrected chi connectivity index (χ4v) is 1.39. The van der Waals surface area contributed by atoms with E-state index in [1.54, 1.807) is 0 Å². The molecule has 0 aromatic heterocycles. The molecule has 0 radical (unpaired) electrons. The summed E-state index contributed by atoms with van der Waals surface area (Å²) in [6.45, 7) is 8.03. The number of hydrogen-bond donors (Lipinski definition) is 1. The van der Waals surface area contributed by atoms with Crippen molar-refractivity contribution >= 4 is 11.6 Å². The Balaban J connectivity index is 2.77. The molecule has 4 heteroatoms. The van der Waals surface area contributed by atoms with Crippen molar-refractivity contribution in [2.24, 2.45) is 10.5 Å². The third-order valence-electron chi connectivity index (χ3n) is 3.00. The van der Waals surface area contributed by atoms with Crippen LogP contribution < -0.4 is 5.43 Å². The van der Waals surface area contributed by atoms with Gasteiger partial charge in [-0.05, 0) is 12.5 Å². The minimum absolute atomic E-state index is 0.0669. The third kappa shape index (κ3) is 4.48. The van der Waals surface area contributed by atoms with E-state index >= 15 is 0 Å². The van der Waals surface area contributed by atoms with E-state index in [-0.39, 0.29) is 11.3 Å². The van der Waals surface area contributed by atoms with Crippen molar-refractivity contribution in [2.45, 2.75) is 33.8 Å². The smallest absolute Gasteiger partial charge is 0.273 e. The van der Waals surface area contributed by atoms with Gasteiger partial charge in [-0.2, -0.15) is 5.10 Å². The van der Waals surface area contributed by atoms with Crippen LogP contribution in [0.4, 0.5) is 0 Å². The van der Waals surface area contributed by atoms with E-state index in [1.807, 2.05) is 58.0 Å². The van der Waals surface area contributed by atoms with Gasteiger partial charge in [0.05, 0.1) is 0 Å². The summed E-state index contributed by atoms with van der Waals surface area (Å²) in [4.78, 5) is 12.1. The summed E-state index contributed by atoms with van der Waals surface area (Å²) in [5.74, 6) is -0.266. The standard InChI is InChI=1S/C15H22N2O2/c1-11(15(2,3)4)16-17-14(18)13(19-5)12-9-7-6-8-10-12/h6-10,13H,1-5H3,(H,17,18). The van der Waals surface area contributed by atoms with Gasteiger partial charge >= 0.3 is 0 Å². The first-order valence-electron chi connectivity index (χ1n) is 6.28. The molecule has 4 nitrogen and oxygen atoms in total. The zero-order valence-electron chi connectivity index (χ0n) is 12.2. The maximum atomic E-state index is 12.1. The molecule has 0 aliphatic heterocycles. The summed E-state index contributed by atoms with van der Waals surface area (Å²) in [5, 5.41) is 4.13. The Bertz CT molecular complexity index is 447. The zero-order chi connectivity index (χ0) is 14.5. The van der Waals surface area contributed by atoms with E-state index < -0.39 is 6.10 Å². The topological polar surface area (TPSA) is 50.7 Å². The molecular weight excluding hydrogens is 240 g/mol. The van der Waals surface area contributed by atoms with Crippen molar-refractivity contribution in [3.05, 3.63) is 35.9 Å². The number of amides is 1. The first-order valence-corrected chi connectivity index (χ1v) is 6.28. The van der Waals surface area contributed by atoms with Crippen molar-refractivity contribution in [1.82, 2.24) is 5.43 Å². The minimum atomic E-state index is -0.641. The first-order chi connectivity index (χ1) is 8.86. The minimum Gasteiger partial charge on any atom is -0.367 e. The molecule has 1 amide bonds. The predicted octanol–water partition coefficient (Wildman–Crippen LogP) is 2.91. The normalized spacial score (nSPS) is 14.1. The highest BCUT2D eigenvalue weighted by molar-refractivity contribution is 5.89. The molecule has 0 bridgehead atoms. The molecule has 1 N–H and O–H groups in total. The Hall–Kier alpha value is -1.68. The SMILES string of the molecule is COC(C(=O)NN=C(C)C(C)(C)C)c1ccccc1. The highest BCUT2D eigenvalue weighted by atomic mass is 16.5. The van der Waals surface area contributed by atoms with E-state index in [9.17, 15) is 4.79 Å². The van der Waals surface area contributed by atoms with Gasteiger partial charge in [0.1, 0.15) is 0 Å². The number of rotatable bonds is 4. The van der Waals surface area contributed by atoms with Crippen LogP contribution in [0.1, 0.15) is 39.4 Å². The molecule has 1 aromatic carbocycles. The van der Waals surface area contributed by atoms with E-state index in [4.69, 9.17) is 4.74 Å². The predicted molar refractivity (Wildman–Crippen MR) is 76.9 cm³/mol. The molecule has 1 rings (SSSR count). The number of ether oxygens (including phenoxy) is 1. The lowest BCUT2D eigenvalue weighted by Gasteiger charge is -2.19. The largest absolute Gasteiger partial charge is 0.367 e. The van der Waals surface area contributed by atoms with Gasteiger partial charge < -0.3 is 4.74 Å². The molecular formula is C15H22N2O2. The van der Waals surface area contributed by atoms with Crippen molar-refractivity contribution in [3.8, 4) is 0 Å². The molecule has 19 heavy (non-hydrogen) atoms. The van der Waals surface area contributed by atoms with E-state index in [0.29, 0.717) is 0 Å². The van der Waals surface area contributed by atoms with Crippen molar-refractivity contribution in [1.29, 1.82) is 0 Å². The summed E-state index contributed by atoms with van der Waals surface area (Å²) < 4.78 is 5.23. The molecule has 0 heterocycles. The molecule has 0 fully saturated rings. The molecule has 1 unspecified atom stereocenters. The van der Waals surface area contributed by atoms with Crippen LogP contribution in [0.15, 0.2) is 35.4 Å². The highest BCUT2D eigenvalue weighted by Gasteiger charge is 2.20. The first kappa shape index (κ1) is 15.4. The van der Waals surface area contributed by atoms with Crippen LogP contribution in [-0.2, 0) is 9.53 Å². The van der Waals surface area contributed by atoms with Gasteiger partial charge in [-0.15, -0.1) is 0 Å². The van der Waals surface area contributed by atoms with Crippen LogP contribution in [0.2, 0.25) is 0 Å².